The third-order valence-corrected chi connectivity index (χ3v) is 5.86. The van der Waals surface area contributed by atoms with E-state index < -0.39 is 10.0 Å². The first-order valence-corrected chi connectivity index (χ1v) is 9.03. The van der Waals surface area contributed by atoms with Crippen LogP contribution in [0.15, 0.2) is 39.9 Å². The lowest BCUT2D eigenvalue weighted by atomic mass is 10.2. The molecule has 0 atom stereocenters. The number of sulfonamides is 1. The van der Waals surface area contributed by atoms with Crippen LogP contribution in [0.3, 0.4) is 0 Å². The van der Waals surface area contributed by atoms with Crippen molar-refractivity contribution in [3.8, 4) is 0 Å². The van der Waals surface area contributed by atoms with Gasteiger partial charge in [-0.15, -0.1) is 0 Å². The monoisotopic (exact) mass is 338 g/mol. The van der Waals surface area contributed by atoms with Crippen LogP contribution < -0.4 is 5.32 Å². The van der Waals surface area contributed by atoms with Gasteiger partial charge in [0.1, 0.15) is 0 Å². The van der Waals surface area contributed by atoms with Crippen molar-refractivity contribution < 1.29 is 13.2 Å². The highest BCUT2D eigenvalue weighted by Gasteiger charge is 2.20. The second-order valence-corrected chi connectivity index (χ2v) is 8.02. The van der Waals surface area contributed by atoms with Crippen LogP contribution in [0.5, 0.6) is 0 Å². The quantitative estimate of drug-likeness (QED) is 0.911. The third-order valence-electron chi connectivity index (χ3n) is 3.18. The minimum atomic E-state index is -3.53. The highest BCUT2D eigenvalue weighted by molar-refractivity contribution is 7.89. The number of nitrogens with zero attached hydrogens (tertiary/aromatic N) is 1. The van der Waals surface area contributed by atoms with Crippen LogP contribution in [0.2, 0.25) is 0 Å². The Labute approximate surface area is 134 Å². The maximum atomic E-state index is 12.3. The zero-order chi connectivity index (χ0) is 16.3. The Bertz CT molecular complexity index is 766. The van der Waals surface area contributed by atoms with Crippen molar-refractivity contribution in [1.82, 2.24) is 4.31 Å². The number of hydrogen-bond donors (Lipinski definition) is 1. The largest absolute Gasteiger partial charge is 0.326 e. The van der Waals surface area contributed by atoms with Gasteiger partial charge in [-0.2, -0.15) is 11.3 Å². The molecule has 118 valence electrons. The van der Waals surface area contributed by atoms with Crippen LogP contribution in [-0.2, 0) is 21.2 Å². The van der Waals surface area contributed by atoms with Crippen molar-refractivity contribution in [2.75, 3.05) is 19.4 Å². The topological polar surface area (TPSA) is 66.5 Å². The molecule has 0 aliphatic carbocycles. The van der Waals surface area contributed by atoms with E-state index in [2.05, 4.69) is 5.32 Å². The molecule has 1 N–H and O–H groups in total. The molecule has 22 heavy (non-hydrogen) atoms. The molecule has 0 saturated heterocycles. The number of benzene rings is 1. The molecule has 0 radical (unpaired) electrons. The van der Waals surface area contributed by atoms with Crippen molar-refractivity contribution >= 4 is 33.0 Å². The predicted molar refractivity (Wildman–Crippen MR) is 88.7 cm³/mol. The number of rotatable bonds is 5. The number of carbonyl (C=O) groups is 1. The van der Waals surface area contributed by atoms with Crippen LogP contribution >= 0.6 is 11.3 Å². The normalized spacial score (nSPS) is 11.6. The molecule has 0 aliphatic rings. The maximum Gasteiger partial charge on any atom is 0.242 e. The SMILES string of the molecule is Cc1ccc(NC(=O)Cc2ccsc2)cc1S(=O)(=O)N(C)C. The molecule has 0 aliphatic heterocycles. The fourth-order valence-electron chi connectivity index (χ4n) is 1.94. The van der Waals surface area contributed by atoms with Gasteiger partial charge >= 0.3 is 0 Å². The first-order chi connectivity index (χ1) is 10.3. The van der Waals surface area contributed by atoms with Crippen molar-refractivity contribution in [3.63, 3.8) is 0 Å². The Morgan fingerprint density at radius 2 is 2.00 bits per heavy atom. The van der Waals surface area contributed by atoms with E-state index >= 15 is 0 Å². The van der Waals surface area contributed by atoms with E-state index in [1.807, 2.05) is 16.8 Å². The molecule has 1 aromatic heterocycles. The zero-order valence-electron chi connectivity index (χ0n) is 12.7. The van der Waals surface area contributed by atoms with Crippen LogP contribution in [0, 0.1) is 6.92 Å². The standard InChI is InChI=1S/C15H18N2O3S2/c1-11-4-5-13(9-14(11)22(19,20)17(2)3)16-15(18)8-12-6-7-21-10-12/h4-7,9-10H,8H2,1-3H3,(H,16,18). The second-order valence-electron chi connectivity index (χ2n) is 5.12. The highest BCUT2D eigenvalue weighted by atomic mass is 32.2. The molecule has 2 aromatic rings. The summed E-state index contributed by atoms with van der Waals surface area (Å²) in [6, 6.07) is 6.78. The van der Waals surface area contributed by atoms with E-state index in [1.165, 1.54) is 31.5 Å². The first kappa shape index (κ1) is 16.7. The Kier molecular flexibility index (Phi) is 5.00. The second kappa shape index (κ2) is 6.60. The summed E-state index contributed by atoms with van der Waals surface area (Å²) in [5, 5.41) is 6.57. The van der Waals surface area contributed by atoms with Gasteiger partial charge in [-0.25, -0.2) is 12.7 Å². The molecular weight excluding hydrogens is 320 g/mol. The lowest BCUT2D eigenvalue weighted by Crippen LogP contribution is -2.23. The average molecular weight is 338 g/mol. The Morgan fingerprint density at radius 1 is 1.27 bits per heavy atom. The predicted octanol–water partition coefficient (Wildman–Crippen LogP) is 2.49. The minimum absolute atomic E-state index is 0.171. The summed E-state index contributed by atoms with van der Waals surface area (Å²) in [6.07, 6.45) is 0.271. The van der Waals surface area contributed by atoms with Gasteiger partial charge in [0, 0.05) is 19.8 Å². The summed E-state index contributed by atoms with van der Waals surface area (Å²) in [5.41, 5.74) is 2.06. The van der Waals surface area contributed by atoms with Gasteiger partial charge in [0.15, 0.2) is 0 Å². The van der Waals surface area contributed by atoms with Crippen molar-refractivity contribution in [2.45, 2.75) is 18.2 Å². The van der Waals surface area contributed by atoms with Crippen molar-refractivity contribution in [3.05, 3.63) is 46.2 Å². The number of anilines is 1. The van der Waals surface area contributed by atoms with E-state index in [4.69, 9.17) is 0 Å². The van der Waals surface area contributed by atoms with Crippen LogP contribution in [0.4, 0.5) is 5.69 Å². The molecule has 7 heteroatoms. The molecule has 2 rings (SSSR count). The summed E-state index contributed by atoms with van der Waals surface area (Å²) < 4.78 is 25.7. The van der Waals surface area contributed by atoms with E-state index in [0.29, 0.717) is 11.3 Å². The summed E-state index contributed by atoms with van der Waals surface area (Å²) in [7, 11) is -0.567. The van der Waals surface area contributed by atoms with Crippen LogP contribution in [-0.4, -0.2) is 32.7 Å². The van der Waals surface area contributed by atoms with Gasteiger partial charge in [-0.3, -0.25) is 4.79 Å². The lowest BCUT2D eigenvalue weighted by Gasteiger charge is -2.15. The van der Waals surface area contributed by atoms with Gasteiger partial charge in [-0.1, -0.05) is 6.07 Å². The fraction of sp³-hybridized carbons (Fsp3) is 0.267. The van der Waals surface area contributed by atoms with Gasteiger partial charge in [0.25, 0.3) is 0 Å². The fourth-order valence-corrected chi connectivity index (χ4v) is 3.75. The summed E-state index contributed by atoms with van der Waals surface area (Å²) in [5.74, 6) is -0.171. The molecule has 1 aromatic carbocycles. The van der Waals surface area contributed by atoms with Crippen LogP contribution in [0.1, 0.15) is 11.1 Å². The van der Waals surface area contributed by atoms with Crippen molar-refractivity contribution in [2.24, 2.45) is 0 Å². The van der Waals surface area contributed by atoms with Gasteiger partial charge < -0.3 is 5.32 Å². The number of nitrogens with one attached hydrogen (secondary N) is 1. The average Bonchev–Trinajstić information content (AvgIpc) is 2.93. The zero-order valence-corrected chi connectivity index (χ0v) is 14.3. The van der Waals surface area contributed by atoms with Gasteiger partial charge in [-0.05, 0) is 47.0 Å². The summed E-state index contributed by atoms with van der Waals surface area (Å²) >= 11 is 1.53. The maximum absolute atomic E-state index is 12.3. The summed E-state index contributed by atoms with van der Waals surface area (Å²) in [4.78, 5) is 12.2. The van der Waals surface area contributed by atoms with E-state index in [9.17, 15) is 13.2 Å². The molecule has 5 nitrogen and oxygen atoms in total. The van der Waals surface area contributed by atoms with E-state index in [-0.39, 0.29) is 17.2 Å². The lowest BCUT2D eigenvalue weighted by molar-refractivity contribution is -0.115. The minimum Gasteiger partial charge on any atom is -0.326 e. The molecular formula is C15H18N2O3S2. The molecule has 0 saturated carbocycles. The number of hydrogen-bond acceptors (Lipinski definition) is 4. The van der Waals surface area contributed by atoms with E-state index in [0.717, 1.165) is 9.87 Å². The highest BCUT2D eigenvalue weighted by Crippen LogP contribution is 2.22. The Balaban J connectivity index is 2.21. The molecule has 0 unspecified atom stereocenters. The first-order valence-electron chi connectivity index (χ1n) is 6.65. The molecule has 0 spiro atoms. The van der Waals surface area contributed by atoms with Crippen molar-refractivity contribution in [1.29, 1.82) is 0 Å². The molecule has 0 bridgehead atoms. The van der Waals surface area contributed by atoms with Gasteiger partial charge in [0.05, 0.1) is 11.3 Å². The third kappa shape index (κ3) is 3.73. The van der Waals surface area contributed by atoms with Crippen LogP contribution in [0.25, 0.3) is 0 Å². The molecule has 0 fully saturated rings. The number of amides is 1. The Morgan fingerprint density at radius 3 is 2.59 bits per heavy atom. The molecule has 1 amide bonds. The number of carbonyl (C=O) groups excluding carboxylic acids is 1. The number of aryl methyl sites for hydroxylation is 1. The van der Waals surface area contributed by atoms with E-state index in [1.54, 1.807) is 19.1 Å². The Hall–Kier alpha value is -1.70. The summed E-state index contributed by atoms with van der Waals surface area (Å²) in [6.45, 7) is 1.73. The number of thiophene rings is 1. The van der Waals surface area contributed by atoms with Gasteiger partial charge in [0.2, 0.25) is 15.9 Å². The molecule has 1 heterocycles. The smallest absolute Gasteiger partial charge is 0.242 e.